The largest absolute Gasteiger partial charge is 0.296 e. The van der Waals surface area contributed by atoms with E-state index in [9.17, 15) is 16.8 Å². The van der Waals surface area contributed by atoms with Gasteiger partial charge in [-0.15, -0.1) is 0 Å². The first-order valence-corrected chi connectivity index (χ1v) is 6.99. The Bertz CT molecular complexity index is 681. The fourth-order valence-electron chi connectivity index (χ4n) is 1.02. The summed E-state index contributed by atoms with van der Waals surface area (Å²) in [6.07, 6.45) is 0. The van der Waals surface area contributed by atoms with Crippen LogP contribution < -0.4 is 0 Å². The van der Waals surface area contributed by atoms with Crippen LogP contribution in [0.2, 0.25) is 5.02 Å². The number of rotatable bonds is 3. The monoisotopic (exact) mass is 300 g/mol. The molecule has 0 fully saturated rings. The molecule has 8 nitrogen and oxygen atoms in total. The molecule has 0 spiro atoms. The van der Waals surface area contributed by atoms with E-state index in [1.54, 1.807) is 0 Å². The zero-order valence-corrected chi connectivity index (χ0v) is 10.2. The lowest BCUT2D eigenvalue weighted by atomic mass is 10.3. The van der Waals surface area contributed by atoms with E-state index in [-0.39, 0.29) is 0 Å². The standard InChI is InChI=1S/C6H5ClN2O6S2/c7-3-1-6(17(13,14)15)4(9-8)2-5(3)16(10,11)12/h1-2,8H,(H,10,11,12)(H,13,14,15). The van der Waals surface area contributed by atoms with Crippen molar-refractivity contribution in [2.75, 3.05) is 0 Å². The maximum Gasteiger partial charge on any atom is 0.296 e. The van der Waals surface area contributed by atoms with E-state index < -0.39 is 40.7 Å². The molecule has 0 aliphatic carbocycles. The van der Waals surface area contributed by atoms with E-state index in [1.165, 1.54) is 0 Å². The number of nitrogens with zero attached hydrogens (tertiary/aromatic N) is 1. The molecule has 0 heterocycles. The van der Waals surface area contributed by atoms with Crippen molar-refractivity contribution in [3.05, 3.63) is 17.2 Å². The fourth-order valence-corrected chi connectivity index (χ4v) is 2.74. The fraction of sp³-hybridized carbons (Fsp3) is 0. The Balaban J connectivity index is 3.75. The quantitative estimate of drug-likeness (QED) is 0.569. The van der Waals surface area contributed by atoms with E-state index in [0.29, 0.717) is 12.1 Å². The van der Waals surface area contributed by atoms with Crippen LogP contribution in [0.1, 0.15) is 0 Å². The topological polar surface area (TPSA) is 145 Å². The third-order valence-corrected chi connectivity index (χ3v) is 3.89. The van der Waals surface area contributed by atoms with Gasteiger partial charge in [-0.2, -0.15) is 21.9 Å². The zero-order valence-electron chi connectivity index (χ0n) is 7.82. The Hall–Kier alpha value is -1.07. The van der Waals surface area contributed by atoms with Gasteiger partial charge in [0.25, 0.3) is 20.2 Å². The molecule has 0 bridgehead atoms. The second-order valence-corrected chi connectivity index (χ2v) is 6.00. The van der Waals surface area contributed by atoms with Gasteiger partial charge in [0.15, 0.2) is 0 Å². The first kappa shape index (κ1) is 14.0. The molecule has 1 rings (SSSR count). The van der Waals surface area contributed by atoms with Crippen molar-refractivity contribution in [1.82, 2.24) is 0 Å². The normalized spacial score (nSPS) is 12.4. The van der Waals surface area contributed by atoms with Crippen molar-refractivity contribution in [2.45, 2.75) is 9.79 Å². The molecule has 0 atom stereocenters. The highest BCUT2D eigenvalue weighted by Gasteiger charge is 2.23. The average molecular weight is 301 g/mol. The van der Waals surface area contributed by atoms with Gasteiger partial charge in [0.05, 0.1) is 5.02 Å². The van der Waals surface area contributed by atoms with Gasteiger partial charge in [0, 0.05) is 0 Å². The molecule has 0 aliphatic heterocycles. The van der Waals surface area contributed by atoms with Crippen LogP contribution >= 0.6 is 11.6 Å². The van der Waals surface area contributed by atoms with Crippen LogP contribution in [-0.4, -0.2) is 25.9 Å². The Morgan fingerprint density at radius 1 is 1.06 bits per heavy atom. The van der Waals surface area contributed by atoms with Crippen LogP contribution in [0.15, 0.2) is 27.0 Å². The lowest BCUT2D eigenvalue weighted by molar-refractivity contribution is 0.478. The molecule has 17 heavy (non-hydrogen) atoms. The molecule has 0 saturated carbocycles. The summed E-state index contributed by atoms with van der Waals surface area (Å²) >= 11 is 5.43. The lowest BCUT2D eigenvalue weighted by Crippen LogP contribution is -2.03. The number of halogens is 1. The molecule has 0 saturated heterocycles. The summed E-state index contributed by atoms with van der Waals surface area (Å²) < 4.78 is 60.9. The van der Waals surface area contributed by atoms with Crippen LogP contribution in [0.5, 0.6) is 0 Å². The predicted octanol–water partition coefficient (Wildman–Crippen LogP) is 1.50. The highest BCUT2D eigenvalue weighted by Crippen LogP contribution is 2.32. The molecule has 0 radical (unpaired) electrons. The van der Waals surface area contributed by atoms with Crippen molar-refractivity contribution in [3.63, 3.8) is 0 Å². The Morgan fingerprint density at radius 2 is 1.53 bits per heavy atom. The maximum absolute atomic E-state index is 10.9. The molecule has 1 aromatic rings. The molecule has 0 aliphatic rings. The van der Waals surface area contributed by atoms with Gasteiger partial charge in [-0.3, -0.25) is 9.11 Å². The summed E-state index contributed by atoms with van der Waals surface area (Å²) in [6.45, 7) is 0. The second kappa shape index (κ2) is 4.31. The van der Waals surface area contributed by atoms with E-state index in [1.807, 2.05) is 0 Å². The van der Waals surface area contributed by atoms with Crippen molar-refractivity contribution in [3.8, 4) is 0 Å². The van der Waals surface area contributed by atoms with Crippen molar-refractivity contribution < 1.29 is 25.9 Å². The molecule has 11 heteroatoms. The summed E-state index contributed by atoms with van der Waals surface area (Å²) in [7, 11) is -9.39. The number of hydrogen-bond acceptors (Lipinski definition) is 6. The first-order chi connectivity index (χ1) is 7.57. The van der Waals surface area contributed by atoms with Gasteiger partial charge in [0.2, 0.25) is 0 Å². The summed E-state index contributed by atoms with van der Waals surface area (Å²) in [5.41, 5.74) is 6.00. The Kier molecular flexibility index (Phi) is 3.55. The third-order valence-electron chi connectivity index (χ3n) is 1.69. The highest BCUT2D eigenvalue weighted by atomic mass is 35.5. The van der Waals surface area contributed by atoms with Crippen molar-refractivity contribution in [2.24, 2.45) is 5.11 Å². The molecule has 94 valence electrons. The minimum absolute atomic E-state index is 0.563. The molecular formula is C6H5ClN2O6S2. The van der Waals surface area contributed by atoms with Gasteiger partial charge in [-0.05, 0) is 12.1 Å². The van der Waals surface area contributed by atoms with Gasteiger partial charge in [-0.1, -0.05) is 11.6 Å². The maximum atomic E-state index is 10.9. The predicted molar refractivity (Wildman–Crippen MR) is 55.9 cm³/mol. The Morgan fingerprint density at radius 3 is 1.88 bits per heavy atom. The third kappa shape index (κ3) is 2.98. The van der Waals surface area contributed by atoms with Crippen molar-refractivity contribution >= 4 is 37.5 Å². The molecular weight excluding hydrogens is 296 g/mol. The molecule has 0 unspecified atom stereocenters. The van der Waals surface area contributed by atoms with E-state index in [0.717, 1.165) is 0 Å². The van der Waals surface area contributed by atoms with Gasteiger partial charge >= 0.3 is 0 Å². The average Bonchev–Trinajstić information content (AvgIpc) is 2.14. The van der Waals surface area contributed by atoms with Gasteiger partial charge < -0.3 is 0 Å². The van der Waals surface area contributed by atoms with Crippen LogP contribution in [-0.2, 0) is 20.2 Å². The van der Waals surface area contributed by atoms with Crippen LogP contribution in [0.4, 0.5) is 5.69 Å². The number of nitrogens with one attached hydrogen (secondary N) is 1. The minimum atomic E-state index is -4.70. The summed E-state index contributed by atoms with van der Waals surface area (Å²) in [4.78, 5) is -1.64. The van der Waals surface area contributed by atoms with Gasteiger partial charge in [0.1, 0.15) is 15.5 Å². The van der Waals surface area contributed by atoms with Gasteiger partial charge in [-0.25, -0.2) is 5.53 Å². The SMILES string of the molecule is N=Nc1cc(S(=O)(=O)O)c(Cl)cc1S(=O)(=O)O. The molecule has 0 aromatic heterocycles. The van der Waals surface area contributed by atoms with Crippen LogP contribution in [0.25, 0.3) is 0 Å². The summed E-state index contributed by atoms with van der Waals surface area (Å²) in [5, 5.41) is 2.11. The van der Waals surface area contributed by atoms with E-state index >= 15 is 0 Å². The van der Waals surface area contributed by atoms with Crippen LogP contribution in [0.3, 0.4) is 0 Å². The van der Waals surface area contributed by atoms with Crippen LogP contribution in [0, 0.1) is 5.53 Å². The van der Waals surface area contributed by atoms with E-state index in [2.05, 4.69) is 5.11 Å². The zero-order chi connectivity index (χ0) is 13.4. The molecule has 0 amide bonds. The van der Waals surface area contributed by atoms with Crippen molar-refractivity contribution in [1.29, 1.82) is 5.53 Å². The summed E-state index contributed by atoms with van der Waals surface area (Å²) in [5.74, 6) is 0. The number of hydrogen-bond donors (Lipinski definition) is 3. The van der Waals surface area contributed by atoms with E-state index in [4.69, 9.17) is 26.2 Å². The first-order valence-electron chi connectivity index (χ1n) is 3.73. The number of benzene rings is 1. The Labute approximate surface area is 101 Å². The molecule has 3 N–H and O–H groups in total. The highest BCUT2D eigenvalue weighted by molar-refractivity contribution is 7.86. The second-order valence-electron chi connectivity index (χ2n) is 2.81. The summed E-state index contributed by atoms with van der Waals surface area (Å²) in [6, 6.07) is 1.14. The molecule has 1 aromatic carbocycles. The smallest absolute Gasteiger partial charge is 0.282 e. The lowest BCUT2D eigenvalue weighted by Gasteiger charge is -2.05. The minimum Gasteiger partial charge on any atom is -0.282 e.